The van der Waals surface area contributed by atoms with Gasteiger partial charge in [0.1, 0.15) is 17.7 Å². The first-order valence-corrected chi connectivity index (χ1v) is 11.5. The Morgan fingerprint density at radius 2 is 1.94 bits per heavy atom. The summed E-state index contributed by atoms with van der Waals surface area (Å²) in [5.41, 5.74) is 1.91. The Labute approximate surface area is 193 Å². The van der Waals surface area contributed by atoms with Crippen LogP contribution in [0.25, 0.3) is 10.8 Å². The number of carboxylic acid groups (broad SMARTS) is 1. The van der Waals surface area contributed by atoms with Crippen molar-refractivity contribution in [3.8, 4) is 5.75 Å². The lowest BCUT2D eigenvalue weighted by Crippen LogP contribution is -2.51. The van der Waals surface area contributed by atoms with Gasteiger partial charge in [-0.15, -0.1) is 0 Å². The molecule has 33 heavy (non-hydrogen) atoms. The van der Waals surface area contributed by atoms with Crippen molar-refractivity contribution >= 4 is 16.9 Å². The Morgan fingerprint density at radius 3 is 2.70 bits per heavy atom. The quantitative estimate of drug-likeness (QED) is 0.459. The van der Waals surface area contributed by atoms with E-state index in [4.69, 9.17) is 9.47 Å². The number of rotatable bonds is 8. The highest BCUT2D eigenvalue weighted by atomic mass is 19.1. The Balaban J connectivity index is 1.55. The number of likely N-dealkylation sites (tertiary alicyclic amines) is 1. The van der Waals surface area contributed by atoms with Crippen LogP contribution in [0.1, 0.15) is 43.2 Å². The zero-order chi connectivity index (χ0) is 23.2. The molecule has 3 aromatic rings. The number of carbonyl (C=O) groups excluding carboxylic acids is 1. The molecule has 1 saturated heterocycles. The first-order chi connectivity index (χ1) is 16.0. The summed E-state index contributed by atoms with van der Waals surface area (Å²) in [6.45, 7) is 3.69. The maximum absolute atomic E-state index is 13.4. The van der Waals surface area contributed by atoms with E-state index >= 15 is 0 Å². The minimum Gasteiger partial charge on any atom is -0.530 e. The second-order valence-corrected chi connectivity index (χ2v) is 8.53. The van der Waals surface area contributed by atoms with Crippen molar-refractivity contribution in [2.24, 2.45) is 0 Å². The van der Waals surface area contributed by atoms with Gasteiger partial charge in [-0.05, 0) is 53.6 Å². The summed E-state index contributed by atoms with van der Waals surface area (Å²) in [6, 6.07) is 18.5. The van der Waals surface area contributed by atoms with Crippen LogP contribution in [-0.4, -0.2) is 36.8 Å². The third kappa shape index (κ3) is 5.63. The lowest BCUT2D eigenvalue weighted by Gasteiger charge is -2.40. The molecule has 0 saturated carbocycles. The number of benzene rings is 3. The van der Waals surface area contributed by atoms with Crippen LogP contribution in [0.4, 0.5) is 9.18 Å². The molecule has 6 heteroatoms. The minimum atomic E-state index is -1.20. The van der Waals surface area contributed by atoms with Gasteiger partial charge in [0.2, 0.25) is 0 Å². The predicted molar refractivity (Wildman–Crippen MR) is 124 cm³/mol. The molecular formula is C27H29FNO4-. The van der Waals surface area contributed by atoms with Gasteiger partial charge in [-0.1, -0.05) is 49.7 Å². The average Bonchev–Trinajstić information content (AvgIpc) is 2.83. The van der Waals surface area contributed by atoms with E-state index in [9.17, 15) is 14.3 Å². The molecule has 4 rings (SSSR count). The zero-order valence-corrected chi connectivity index (χ0v) is 18.8. The highest BCUT2D eigenvalue weighted by Crippen LogP contribution is 2.33. The second kappa shape index (κ2) is 10.7. The SMILES string of the molecule is CCCCOc1cc(COC2CN(C(=O)[O-])CCC2c2ccc(F)cc2)cc2ccccc12. The fourth-order valence-electron chi connectivity index (χ4n) is 4.41. The van der Waals surface area contributed by atoms with Gasteiger partial charge in [0.25, 0.3) is 0 Å². The van der Waals surface area contributed by atoms with E-state index in [1.54, 1.807) is 12.1 Å². The fraction of sp³-hybridized carbons (Fsp3) is 0.370. The maximum Gasteiger partial charge on any atom is 0.137 e. The van der Waals surface area contributed by atoms with Gasteiger partial charge in [-0.25, -0.2) is 4.39 Å². The van der Waals surface area contributed by atoms with Crippen LogP contribution in [0, 0.1) is 5.82 Å². The summed E-state index contributed by atoms with van der Waals surface area (Å²) in [4.78, 5) is 12.8. The van der Waals surface area contributed by atoms with Gasteiger partial charge in [0, 0.05) is 24.4 Å². The van der Waals surface area contributed by atoms with E-state index in [-0.39, 0.29) is 24.4 Å². The molecule has 1 aliphatic rings. The van der Waals surface area contributed by atoms with E-state index < -0.39 is 6.09 Å². The van der Waals surface area contributed by atoms with Gasteiger partial charge >= 0.3 is 0 Å². The summed E-state index contributed by atoms with van der Waals surface area (Å²) in [6.07, 6.45) is 1.07. The Morgan fingerprint density at radius 1 is 1.15 bits per heavy atom. The highest BCUT2D eigenvalue weighted by Gasteiger charge is 2.31. The molecule has 174 valence electrons. The van der Waals surface area contributed by atoms with Gasteiger partial charge < -0.3 is 24.3 Å². The van der Waals surface area contributed by atoms with E-state index in [1.165, 1.54) is 17.0 Å². The molecule has 1 heterocycles. The van der Waals surface area contributed by atoms with Crippen LogP contribution in [0.5, 0.6) is 5.75 Å². The summed E-state index contributed by atoms with van der Waals surface area (Å²) < 4.78 is 25.8. The van der Waals surface area contributed by atoms with E-state index in [2.05, 4.69) is 13.0 Å². The van der Waals surface area contributed by atoms with Crippen molar-refractivity contribution in [3.63, 3.8) is 0 Å². The molecule has 0 bridgehead atoms. The van der Waals surface area contributed by atoms with Crippen molar-refractivity contribution in [2.75, 3.05) is 19.7 Å². The molecule has 0 aromatic heterocycles. The number of piperidine rings is 1. The molecule has 0 spiro atoms. The number of unbranched alkanes of at least 4 members (excludes halogenated alkanes) is 1. The first kappa shape index (κ1) is 23.1. The Kier molecular flexibility index (Phi) is 7.45. The number of nitrogens with zero attached hydrogens (tertiary/aromatic N) is 1. The van der Waals surface area contributed by atoms with Crippen molar-refractivity contribution in [2.45, 2.75) is 44.8 Å². The number of amides is 1. The number of hydrogen-bond donors (Lipinski definition) is 0. The van der Waals surface area contributed by atoms with Crippen LogP contribution < -0.4 is 9.84 Å². The van der Waals surface area contributed by atoms with Crippen molar-refractivity contribution in [3.05, 3.63) is 77.6 Å². The summed E-state index contributed by atoms with van der Waals surface area (Å²) in [7, 11) is 0. The Bertz CT molecular complexity index is 1090. The third-order valence-corrected chi connectivity index (χ3v) is 6.22. The van der Waals surface area contributed by atoms with Crippen molar-refractivity contribution in [1.29, 1.82) is 0 Å². The maximum atomic E-state index is 13.4. The highest BCUT2D eigenvalue weighted by molar-refractivity contribution is 5.89. The number of halogens is 1. The topological polar surface area (TPSA) is 61.8 Å². The standard InChI is InChI=1S/C27H30FNO4/c1-2-3-14-32-25-16-19(15-21-6-4-5-7-23(21)25)18-33-26-17-29(27(30)31)13-12-24(26)20-8-10-22(28)11-9-20/h4-11,15-16,24,26H,2-3,12-14,17-18H2,1H3,(H,30,31)/p-1. The lowest BCUT2D eigenvalue weighted by atomic mass is 9.87. The third-order valence-electron chi connectivity index (χ3n) is 6.22. The number of fused-ring (bicyclic) bond motifs is 1. The van der Waals surface area contributed by atoms with Crippen molar-refractivity contribution in [1.82, 2.24) is 4.90 Å². The monoisotopic (exact) mass is 450 g/mol. The van der Waals surface area contributed by atoms with E-state index in [1.807, 2.05) is 30.3 Å². The molecule has 1 amide bonds. The molecule has 0 aliphatic carbocycles. The molecule has 1 fully saturated rings. The van der Waals surface area contributed by atoms with Crippen LogP contribution in [0.15, 0.2) is 60.7 Å². The van der Waals surface area contributed by atoms with Gasteiger partial charge in [-0.3, -0.25) is 0 Å². The summed E-state index contributed by atoms with van der Waals surface area (Å²) >= 11 is 0. The second-order valence-electron chi connectivity index (χ2n) is 8.53. The minimum absolute atomic E-state index is 0.0260. The van der Waals surface area contributed by atoms with Gasteiger partial charge in [0.05, 0.1) is 19.3 Å². The first-order valence-electron chi connectivity index (χ1n) is 11.5. The molecule has 1 aliphatic heterocycles. The average molecular weight is 451 g/mol. The summed E-state index contributed by atoms with van der Waals surface area (Å²) in [5, 5.41) is 13.6. The molecular weight excluding hydrogens is 421 g/mol. The molecule has 2 atom stereocenters. The largest absolute Gasteiger partial charge is 0.530 e. The summed E-state index contributed by atoms with van der Waals surface area (Å²) in [5.74, 6) is 0.507. The van der Waals surface area contributed by atoms with Crippen LogP contribution >= 0.6 is 0 Å². The van der Waals surface area contributed by atoms with Crippen LogP contribution in [0.2, 0.25) is 0 Å². The lowest BCUT2D eigenvalue weighted by molar-refractivity contribution is -0.268. The van der Waals surface area contributed by atoms with Crippen LogP contribution in [-0.2, 0) is 11.3 Å². The molecule has 2 unspecified atom stereocenters. The normalized spacial score (nSPS) is 18.4. The molecule has 3 aromatic carbocycles. The molecule has 0 N–H and O–H groups in total. The number of carbonyl (C=O) groups is 1. The number of hydrogen-bond acceptors (Lipinski definition) is 4. The zero-order valence-electron chi connectivity index (χ0n) is 18.8. The fourth-order valence-corrected chi connectivity index (χ4v) is 4.41. The van der Waals surface area contributed by atoms with E-state index in [0.29, 0.717) is 26.2 Å². The number of ether oxygens (including phenoxy) is 2. The predicted octanol–water partition coefficient (Wildman–Crippen LogP) is 4.88. The smallest absolute Gasteiger partial charge is 0.137 e. The van der Waals surface area contributed by atoms with Crippen LogP contribution in [0.3, 0.4) is 0 Å². The molecule has 0 radical (unpaired) electrons. The molecule has 5 nitrogen and oxygen atoms in total. The Hall–Kier alpha value is -3.12. The van der Waals surface area contributed by atoms with E-state index in [0.717, 1.165) is 40.5 Å². The van der Waals surface area contributed by atoms with Crippen molar-refractivity contribution < 1.29 is 23.8 Å². The van der Waals surface area contributed by atoms with Gasteiger partial charge in [0.15, 0.2) is 0 Å². The van der Waals surface area contributed by atoms with Gasteiger partial charge in [-0.2, -0.15) is 0 Å².